The minimum Gasteiger partial charge on any atom is -0.443 e. The number of carbonyl (C=O) groups is 1. The van der Waals surface area contributed by atoms with Gasteiger partial charge in [-0.2, -0.15) is 0 Å². The summed E-state index contributed by atoms with van der Waals surface area (Å²) in [5.41, 5.74) is 4.92. The molecule has 0 radical (unpaired) electrons. The van der Waals surface area contributed by atoms with E-state index in [4.69, 9.17) is 25.1 Å². The SMILES string of the molecule is CC1(C)OCC(C(CCO)OC(N)=O)O1. The lowest BCUT2D eigenvalue weighted by atomic mass is 10.1. The predicted octanol–water partition coefficient (Wildman–Crippen LogP) is -0.0158. The van der Waals surface area contributed by atoms with Crippen LogP contribution in [0, 0.1) is 0 Å². The second kappa shape index (κ2) is 4.78. The molecule has 6 nitrogen and oxygen atoms in total. The molecule has 88 valence electrons. The molecule has 2 unspecified atom stereocenters. The number of aliphatic hydroxyl groups is 1. The zero-order valence-electron chi connectivity index (χ0n) is 8.93. The predicted molar refractivity (Wildman–Crippen MR) is 51.1 cm³/mol. The molecule has 3 N–H and O–H groups in total. The van der Waals surface area contributed by atoms with Gasteiger partial charge in [0.2, 0.25) is 0 Å². The van der Waals surface area contributed by atoms with Crippen LogP contribution >= 0.6 is 0 Å². The molecule has 1 heterocycles. The molecule has 0 aliphatic carbocycles. The fourth-order valence-corrected chi connectivity index (χ4v) is 1.50. The van der Waals surface area contributed by atoms with Crippen LogP contribution in [0.3, 0.4) is 0 Å². The van der Waals surface area contributed by atoms with Gasteiger partial charge in [-0.1, -0.05) is 0 Å². The minimum absolute atomic E-state index is 0.0990. The van der Waals surface area contributed by atoms with Gasteiger partial charge in [0, 0.05) is 13.0 Å². The molecular formula is C9H17NO5. The maximum atomic E-state index is 10.6. The molecule has 0 spiro atoms. The van der Waals surface area contributed by atoms with Crippen molar-refractivity contribution in [3.05, 3.63) is 0 Å². The van der Waals surface area contributed by atoms with Crippen LogP contribution in [0.4, 0.5) is 4.79 Å². The Balaban J connectivity index is 2.53. The number of aliphatic hydroxyl groups excluding tert-OH is 1. The number of rotatable bonds is 4. The summed E-state index contributed by atoms with van der Waals surface area (Å²) in [5.74, 6) is -0.681. The third kappa shape index (κ3) is 3.65. The number of amides is 1. The molecule has 1 rings (SSSR count). The highest BCUT2D eigenvalue weighted by Gasteiger charge is 2.38. The molecule has 0 saturated carbocycles. The molecule has 1 aliphatic rings. The fourth-order valence-electron chi connectivity index (χ4n) is 1.50. The minimum atomic E-state index is -0.873. The molecule has 0 aromatic carbocycles. The van der Waals surface area contributed by atoms with Crippen molar-refractivity contribution in [1.29, 1.82) is 0 Å². The van der Waals surface area contributed by atoms with Crippen LogP contribution in [0.25, 0.3) is 0 Å². The molecule has 6 heteroatoms. The highest BCUT2D eigenvalue weighted by molar-refractivity contribution is 5.64. The first-order chi connectivity index (χ1) is 6.94. The Bertz CT molecular complexity index is 231. The van der Waals surface area contributed by atoms with Crippen molar-refractivity contribution in [1.82, 2.24) is 0 Å². The van der Waals surface area contributed by atoms with Gasteiger partial charge < -0.3 is 25.1 Å². The molecule has 1 aliphatic heterocycles. The van der Waals surface area contributed by atoms with E-state index >= 15 is 0 Å². The van der Waals surface area contributed by atoms with E-state index in [0.29, 0.717) is 6.61 Å². The molecule has 1 saturated heterocycles. The van der Waals surface area contributed by atoms with Crippen molar-refractivity contribution in [2.75, 3.05) is 13.2 Å². The Morgan fingerprint density at radius 2 is 2.40 bits per heavy atom. The molecule has 0 bridgehead atoms. The van der Waals surface area contributed by atoms with Crippen molar-refractivity contribution in [2.24, 2.45) is 5.73 Å². The molecule has 1 fully saturated rings. The lowest BCUT2D eigenvalue weighted by molar-refractivity contribution is -0.152. The smallest absolute Gasteiger partial charge is 0.404 e. The summed E-state index contributed by atoms with van der Waals surface area (Å²) in [6, 6.07) is 0. The molecule has 0 aromatic rings. The highest BCUT2D eigenvalue weighted by atomic mass is 16.8. The zero-order chi connectivity index (χ0) is 11.5. The van der Waals surface area contributed by atoms with Crippen LogP contribution in [0.2, 0.25) is 0 Å². The van der Waals surface area contributed by atoms with Gasteiger partial charge >= 0.3 is 6.09 Å². The molecule has 1 amide bonds. The highest BCUT2D eigenvalue weighted by Crippen LogP contribution is 2.26. The monoisotopic (exact) mass is 219 g/mol. The topological polar surface area (TPSA) is 91.0 Å². The van der Waals surface area contributed by atoms with Crippen LogP contribution in [-0.2, 0) is 14.2 Å². The van der Waals surface area contributed by atoms with Gasteiger partial charge in [-0.15, -0.1) is 0 Å². The number of hydrogen-bond donors (Lipinski definition) is 2. The first-order valence-electron chi connectivity index (χ1n) is 4.83. The Morgan fingerprint density at radius 3 is 2.80 bits per heavy atom. The number of carbonyl (C=O) groups excluding carboxylic acids is 1. The second-order valence-corrected chi connectivity index (χ2v) is 3.85. The summed E-state index contributed by atoms with van der Waals surface area (Å²) in [6.07, 6.45) is -1.52. The van der Waals surface area contributed by atoms with Crippen LogP contribution in [0.15, 0.2) is 0 Å². The number of nitrogens with two attached hydrogens (primary N) is 1. The van der Waals surface area contributed by atoms with Crippen LogP contribution < -0.4 is 5.73 Å². The van der Waals surface area contributed by atoms with E-state index in [2.05, 4.69) is 0 Å². The largest absolute Gasteiger partial charge is 0.443 e. The fraction of sp³-hybridized carbons (Fsp3) is 0.889. The van der Waals surface area contributed by atoms with Crippen molar-refractivity contribution in [2.45, 2.75) is 38.3 Å². The van der Waals surface area contributed by atoms with E-state index in [0.717, 1.165) is 0 Å². The van der Waals surface area contributed by atoms with Gasteiger partial charge in [0.15, 0.2) is 5.79 Å². The Hall–Kier alpha value is -0.850. The van der Waals surface area contributed by atoms with E-state index in [1.54, 1.807) is 13.8 Å². The van der Waals surface area contributed by atoms with Gasteiger partial charge in [-0.25, -0.2) is 4.79 Å². The van der Waals surface area contributed by atoms with E-state index in [1.807, 2.05) is 0 Å². The van der Waals surface area contributed by atoms with Crippen molar-refractivity contribution in [3.63, 3.8) is 0 Å². The lowest BCUT2D eigenvalue weighted by Gasteiger charge is -2.22. The maximum absolute atomic E-state index is 10.6. The van der Waals surface area contributed by atoms with E-state index in [1.165, 1.54) is 0 Å². The average Bonchev–Trinajstić information content (AvgIpc) is 2.44. The summed E-state index contributed by atoms with van der Waals surface area (Å²) >= 11 is 0. The quantitative estimate of drug-likeness (QED) is 0.693. The average molecular weight is 219 g/mol. The van der Waals surface area contributed by atoms with Crippen LogP contribution in [0.1, 0.15) is 20.3 Å². The van der Waals surface area contributed by atoms with Crippen LogP contribution in [-0.4, -0.2) is 42.4 Å². The molecule has 2 atom stereocenters. The summed E-state index contributed by atoms with van der Waals surface area (Å²) in [4.78, 5) is 10.6. The molecule has 0 aromatic heterocycles. The summed E-state index contributed by atoms with van der Waals surface area (Å²) in [7, 11) is 0. The van der Waals surface area contributed by atoms with Gasteiger partial charge in [0.1, 0.15) is 12.2 Å². The Labute approximate surface area is 88.3 Å². The van der Waals surface area contributed by atoms with Crippen molar-refractivity contribution < 1.29 is 24.1 Å². The van der Waals surface area contributed by atoms with Gasteiger partial charge in [0.05, 0.1) is 6.61 Å². The summed E-state index contributed by atoms with van der Waals surface area (Å²) < 4.78 is 15.7. The normalized spacial score (nSPS) is 26.2. The second-order valence-electron chi connectivity index (χ2n) is 3.85. The van der Waals surface area contributed by atoms with Gasteiger partial charge in [-0.05, 0) is 13.8 Å². The van der Waals surface area contributed by atoms with Gasteiger partial charge in [-0.3, -0.25) is 0 Å². The third-order valence-corrected chi connectivity index (χ3v) is 2.13. The zero-order valence-corrected chi connectivity index (χ0v) is 8.93. The lowest BCUT2D eigenvalue weighted by Crippen LogP contribution is -2.36. The van der Waals surface area contributed by atoms with E-state index in [9.17, 15) is 4.79 Å². The van der Waals surface area contributed by atoms with E-state index in [-0.39, 0.29) is 19.1 Å². The maximum Gasteiger partial charge on any atom is 0.404 e. The number of primary amides is 1. The number of hydrogen-bond acceptors (Lipinski definition) is 5. The van der Waals surface area contributed by atoms with Crippen molar-refractivity contribution in [3.8, 4) is 0 Å². The number of ether oxygens (including phenoxy) is 3. The van der Waals surface area contributed by atoms with Crippen LogP contribution in [0.5, 0.6) is 0 Å². The Kier molecular flexibility index (Phi) is 3.90. The molecular weight excluding hydrogens is 202 g/mol. The van der Waals surface area contributed by atoms with Gasteiger partial charge in [0.25, 0.3) is 0 Å². The van der Waals surface area contributed by atoms with E-state index < -0.39 is 18.0 Å². The first kappa shape index (κ1) is 12.2. The Morgan fingerprint density at radius 1 is 1.73 bits per heavy atom. The third-order valence-electron chi connectivity index (χ3n) is 2.13. The first-order valence-corrected chi connectivity index (χ1v) is 4.83. The standard InChI is InChI=1S/C9H17NO5/c1-9(2)13-5-7(15-9)6(3-4-11)14-8(10)12/h6-7,11H,3-5H2,1-2H3,(H2,10,12). The molecule has 15 heavy (non-hydrogen) atoms. The van der Waals surface area contributed by atoms with Crippen molar-refractivity contribution >= 4 is 6.09 Å². The summed E-state index contributed by atoms with van der Waals surface area (Å²) in [5, 5.41) is 8.81. The summed E-state index contributed by atoms with van der Waals surface area (Å²) in [6.45, 7) is 3.77.